The smallest absolute Gasteiger partial charge is 0.390 e. The van der Waals surface area contributed by atoms with E-state index >= 15 is 0 Å². The highest BCUT2D eigenvalue weighted by Gasteiger charge is 2.64. The molecule has 0 amide bonds. The molecule has 2 bridgehead atoms. The van der Waals surface area contributed by atoms with Crippen LogP contribution in [0.5, 0.6) is 0 Å². The Bertz CT molecular complexity index is 880. The summed E-state index contributed by atoms with van der Waals surface area (Å²) in [7, 11) is -3.91. The molecule has 10 heteroatoms. The molecule has 0 radical (unpaired) electrons. The van der Waals surface area contributed by atoms with E-state index in [1.807, 2.05) is 0 Å². The first-order chi connectivity index (χ1) is 11.6. The van der Waals surface area contributed by atoms with Crippen molar-refractivity contribution in [2.45, 2.75) is 36.2 Å². The molecule has 3 fully saturated rings. The van der Waals surface area contributed by atoms with Crippen molar-refractivity contribution in [1.82, 2.24) is 0 Å². The standard InChI is InChI=1S/C15H13F3N2O4S/c16-15(17,18)10-3-8(2-1-7(10)5-19)20-6-9-13-11(21)4-12(24-13)14(9)25(20,22)23/h1-3,9,11-14,21H,4,6H2/t9-,11-,12-,13-,14-/m1/s1. The number of aliphatic hydroxyl groups is 1. The molecule has 0 aliphatic carbocycles. The van der Waals surface area contributed by atoms with Crippen LogP contribution in [0.4, 0.5) is 18.9 Å². The van der Waals surface area contributed by atoms with Gasteiger partial charge in [-0.2, -0.15) is 18.4 Å². The second-order valence-electron chi connectivity index (χ2n) is 6.49. The molecule has 1 aromatic carbocycles. The van der Waals surface area contributed by atoms with Crippen LogP contribution in [0.25, 0.3) is 0 Å². The molecule has 3 saturated heterocycles. The maximum atomic E-state index is 13.1. The number of anilines is 1. The van der Waals surface area contributed by atoms with E-state index in [1.165, 1.54) is 12.1 Å². The molecule has 0 unspecified atom stereocenters. The first-order valence-corrected chi connectivity index (χ1v) is 9.11. The first kappa shape index (κ1) is 16.6. The van der Waals surface area contributed by atoms with Crippen LogP contribution in [-0.2, 0) is 20.9 Å². The highest BCUT2D eigenvalue weighted by Crippen LogP contribution is 2.49. The average Bonchev–Trinajstić information content (AvgIpc) is 3.15. The molecule has 0 aromatic heterocycles. The van der Waals surface area contributed by atoms with Gasteiger partial charge in [0.2, 0.25) is 10.0 Å². The van der Waals surface area contributed by atoms with Crippen LogP contribution in [-0.4, -0.2) is 43.6 Å². The maximum Gasteiger partial charge on any atom is 0.417 e. The SMILES string of the molecule is N#Cc1ccc(N2C[C@@H]3[C@H]4O[C@H](C[C@H]4O)[C@@H]3S2(=O)=O)cc1C(F)(F)F. The van der Waals surface area contributed by atoms with Gasteiger partial charge >= 0.3 is 6.18 Å². The number of aliphatic hydroxyl groups excluding tert-OH is 1. The van der Waals surface area contributed by atoms with Gasteiger partial charge < -0.3 is 9.84 Å². The van der Waals surface area contributed by atoms with Crippen molar-refractivity contribution >= 4 is 15.7 Å². The number of alkyl halides is 3. The summed E-state index contributed by atoms with van der Waals surface area (Å²) in [5, 5.41) is 17.9. The van der Waals surface area contributed by atoms with Gasteiger partial charge in [0.05, 0.1) is 41.2 Å². The van der Waals surface area contributed by atoms with Crippen molar-refractivity contribution < 1.29 is 31.4 Å². The Kier molecular flexibility index (Phi) is 3.39. The summed E-state index contributed by atoms with van der Waals surface area (Å²) >= 11 is 0. The highest BCUT2D eigenvalue weighted by atomic mass is 32.2. The molecule has 0 spiro atoms. The molecule has 1 aromatic rings. The molecule has 6 nitrogen and oxygen atoms in total. The molecule has 4 rings (SSSR count). The zero-order chi connectivity index (χ0) is 18.1. The largest absolute Gasteiger partial charge is 0.417 e. The van der Waals surface area contributed by atoms with E-state index in [9.17, 15) is 26.7 Å². The minimum Gasteiger partial charge on any atom is -0.390 e. The number of ether oxygens (including phenoxy) is 1. The summed E-state index contributed by atoms with van der Waals surface area (Å²) < 4.78 is 71.5. The molecule has 1 N–H and O–H groups in total. The van der Waals surface area contributed by atoms with Crippen LogP contribution in [0.15, 0.2) is 18.2 Å². The van der Waals surface area contributed by atoms with E-state index in [0.717, 1.165) is 10.4 Å². The summed E-state index contributed by atoms with van der Waals surface area (Å²) in [6, 6.07) is 4.33. The van der Waals surface area contributed by atoms with Gasteiger partial charge in [-0.1, -0.05) is 0 Å². The quantitative estimate of drug-likeness (QED) is 0.799. The predicted molar refractivity (Wildman–Crippen MR) is 79.0 cm³/mol. The third-order valence-corrected chi connectivity index (χ3v) is 7.46. The molecule has 25 heavy (non-hydrogen) atoms. The Hall–Kier alpha value is -1.83. The molecule has 3 heterocycles. The van der Waals surface area contributed by atoms with Gasteiger partial charge in [-0.05, 0) is 18.2 Å². The zero-order valence-corrected chi connectivity index (χ0v) is 13.5. The van der Waals surface area contributed by atoms with Gasteiger partial charge in [-0.25, -0.2) is 8.42 Å². The van der Waals surface area contributed by atoms with Crippen molar-refractivity contribution in [3.05, 3.63) is 29.3 Å². The average molecular weight is 374 g/mol. The molecule has 134 valence electrons. The lowest BCUT2D eigenvalue weighted by atomic mass is 9.87. The zero-order valence-electron chi connectivity index (χ0n) is 12.6. The number of hydrogen-bond donors (Lipinski definition) is 1. The fraction of sp³-hybridized carbons (Fsp3) is 0.533. The fourth-order valence-electron chi connectivity index (χ4n) is 4.12. The normalized spacial score (nSPS) is 35.6. The van der Waals surface area contributed by atoms with Gasteiger partial charge in [-0.15, -0.1) is 0 Å². The number of hydrogen-bond acceptors (Lipinski definition) is 5. The lowest BCUT2D eigenvalue weighted by Crippen LogP contribution is -2.40. The molecular weight excluding hydrogens is 361 g/mol. The van der Waals surface area contributed by atoms with Crippen LogP contribution in [0.2, 0.25) is 0 Å². The first-order valence-electron chi connectivity index (χ1n) is 7.61. The lowest BCUT2D eigenvalue weighted by molar-refractivity contribution is -0.137. The Morgan fingerprint density at radius 1 is 1.36 bits per heavy atom. The van der Waals surface area contributed by atoms with E-state index < -0.39 is 56.8 Å². The Morgan fingerprint density at radius 2 is 2.08 bits per heavy atom. The number of sulfonamides is 1. The minimum atomic E-state index is -4.77. The predicted octanol–water partition coefficient (Wildman–Crippen LogP) is 1.24. The Balaban J connectivity index is 1.76. The van der Waals surface area contributed by atoms with Crippen LogP contribution >= 0.6 is 0 Å². The Morgan fingerprint density at radius 3 is 2.72 bits per heavy atom. The number of halogens is 3. The van der Waals surface area contributed by atoms with E-state index in [1.54, 1.807) is 0 Å². The molecular formula is C15H13F3N2O4S. The van der Waals surface area contributed by atoms with Gasteiger partial charge in [0.1, 0.15) is 5.25 Å². The van der Waals surface area contributed by atoms with E-state index in [4.69, 9.17) is 10.00 Å². The topological polar surface area (TPSA) is 90.6 Å². The second kappa shape index (κ2) is 5.09. The van der Waals surface area contributed by atoms with Crippen LogP contribution in [0, 0.1) is 17.2 Å². The summed E-state index contributed by atoms with van der Waals surface area (Å²) in [6.07, 6.45) is -6.57. The minimum absolute atomic E-state index is 0.0472. The Labute approximate surface area is 141 Å². The van der Waals surface area contributed by atoms with Crippen LogP contribution in [0.3, 0.4) is 0 Å². The summed E-state index contributed by atoms with van der Waals surface area (Å²) in [5.41, 5.74) is -1.86. The van der Waals surface area contributed by atoms with Crippen molar-refractivity contribution in [3.63, 3.8) is 0 Å². The third kappa shape index (κ3) is 2.26. The van der Waals surface area contributed by atoms with Gasteiger partial charge in [0.15, 0.2) is 0 Å². The molecule has 5 atom stereocenters. The number of nitrogens with zero attached hydrogens (tertiary/aromatic N) is 2. The number of rotatable bonds is 1. The summed E-state index contributed by atoms with van der Waals surface area (Å²) in [6.45, 7) is -0.0472. The summed E-state index contributed by atoms with van der Waals surface area (Å²) in [4.78, 5) is 0. The third-order valence-electron chi connectivity index (χ3n) is 5.14. The van der Waals surface area contributed by atoms with E-state index in [-0.39, 0.29) is 18.7 Å². The highest BCUT2D eigenvalue weighted by molar-refractivity contribution is 7.93. The van der Waals surface area contributed by atoms with Gasteiger partial charge in [0.25, 0.3) is 0 Å². The lowest BCUT2D eigenvalue weighted by Gasteiger charge is -2.22. The maximum absolute atomic E-state index is 13.1. The number of nitriles is 1. The number of fused-ring (bicyclic) bond motifs is 5. The van der Waals surface area contributed by atoms with Gasteiger partial charge in [-0.3, -0.25) is 4.31 Å². The summed E-state index contributed by atoms with van der Waals surface area (Å²) in [5.74, 6) is -0.483. The van der Waals surface area contributed by atoms with E-state index in [0.29, 0.717) is 6.07 Å². The van der Waals surface area contributed by atoms with E-state index in [2.05, 4.69) is 0 Å². The molecule has 0 saturated carbocycles. The van der Waals surface area contributed by atoms with Crippen LogP contribution in [0.1, 0.15) is 17.5 Å². The fourth-order valence-corrected chi connectivity index (χ4v) is 6.44. The monoisotopic (exact) mass is 374 g/mol. The molecule has 3 aliphatic rings. The van der Waals surface area contributed by atoms with Crippen molar-refractivity contribution in [2.75, 3.05) is 10.8 Å². The molecule has 3 aliphatic heterocycles. The van der Waals surface area contributed by atoms with Crippen molar-refractivity contribution in [1.29, 1.82) is 5.26 Å². The number of benzene rings is 1. The van der Waals surface area contributed by atoms with Crippen molar-refractivity contribution in [2.24, 2.45) is 5.92 Å². The van der Waals surface area contributed by atoms with Crippen LogP contribution < -0.4 is 4.31 Å². The van der Waals surface area contributed by atoms with Crippen molar-refractivity contribution in [3.8, 4) is 6.07 Å². The van der Waals surface area contributed by atoms with Gasteiger partial charge in [0, 0.05) is 18.9 Å². The second-order valence-corrected chi connectivity index (χ2v) is 8.50.